The molecule has 1 heterocycles. The van der Waals surface area contributed by atoms with Gasteiger partial charge in [-0.2, -0.15) is 0 Å². The average Bonchev–Trinajstić information content (AvgIpc) is 3.10. The second-order valence-corrected chi connectivity index (χ2v) is 13.5. The van der Waals surface area contributed by atoms with E-state index >= 15 is 0 Å². The highest BCUT2D eigenvalue weighted by Crippen LogP contribution is 2.34. The third-order valence-corrected chi connectivity index (χ3v) is 9.84. The molecule has 0 saturated heterocycles. The van der Waals surface area contributed by atoms with Gasteiger partial charge in [-0.05, 0) is 60.9 Å². The maximum absolute atomic E-state index is 14.6. The van der Waals surface area contributed by atoms with Crippen LogP contribution in [0.3, 0.4) is 0 Å². The number of carbonyl (C=O) groups excluding carboxylic acids is 2. The van der Waals surface area contributed by atoms with Gasteiger partial charge in [-0.15, -0.1) is 0 Å². The van der Waals surface area contributed by atoms with Crippen LogP contribution in [0, 0.1) is 12.7 Å². The van der Waals surface area contributed by atoms with Gasteiger partial charge in [0, 0.05) is 25.6 Å². The minimum Gasteiger partial charge on any atom is -0.486 e. The van der Waals surface area contributed by atoms with Crippen molar-refractivity contribution in [2.24, 2.45) is 0 Å². The summed E-state index contributed by atoms with van der Waals surface area (Å²) in [6.45, 7) is 4.41. The van der Waals surface area contributed by atoms with E-state index in [0.717, 1.165) is 46.0 Å². The molecule has 2 amide bonds. The predicted molar refractivity (Wildman–Crippen MR) is 182 cm³/mol. The van der Waals surface area contributed by atoms with E-state index in [0.29, 0.717) is 18.9 Å². The highest BCUT2D eigenvalue weighted by Gasteiger charge is 2.35. The SMILES string of the molecule is CCCCNC(=O)C(Cc1ccccc1)N(Cc1ccc(C)cc1)C(=O)CN(c1ccc(F)cc1)S(=O)(=O)c1ccc2c(c1)OCCO2. The Bertz CT molecular complexity index is 1800. The highest BCUT2D eigenvalue weighted by atomic mass is 32.2. The van der Waals surface area contributed by atoms with Crippen LogP contribution >= 0.6 is 0 Å². The number of hydrogen-bond acceptors (Lipinski definition) is 6. The lowest BCUT2D eigenvalue weighted by molar-refractivity contribution is -0.140. The summed E-state index contributed by atoms with van der Waals surface area (Å²) in [7, 11) is -4.40. The number of amides is 2. The van der Waals surface area contributed by atoms with Gasteiger partial charge in [0.25, 0.3) is 10.0 Å². The molecule has 11 heteroatoms. The van der Waals surface area contributed by atoms with Crippen LogP contribution in [-0.4, -0.2) is 57.5 Å². The molecule has 1 aliphatic rings. The van der Waals surface area contributed by atoms with Crippen molar-refractivity contribution in [1.82, 2.24) is 10.2 Å². The lowest BCUT2D eigenvalue weighted by atomic mass is 10.0. The van der Waals surface area contributed by atoms with Crippen molar-refractivity contribution in [2.75, 3.05) is 30.6 Å². The van der Waals surface area contributed by atoms with E-state index in [-0.39, 0.29) is 41.8 Å². The summed E-state index contributed by atoms with van der Waals surface area (Å²) in [6.07, 6.45) is 1.85. The third-order valence-electron chi connectivity index (χ3n) is 8.07. The number of sulfonamides is 1. The van der Waals surface area contributed by atoms with Crippen molar-refractivity contribution in [2.45, 2.75) is 50.6 Å². The van der Waals surface area contributed by atoms with Crippen molar-refractivity contribution in [1.29, 1.82) is 0 Å². The van der Waals surface area contributed by atoms with Gasteiger partial charge in [0.2, 0.25) is 11.8 Å². The molecular formula is C37H40FN3O6S. The van der Waals surface area contributed by atoms with Crippen LogP contribution in [0.4, 0.5) is 10.1 Å². The van der Waals surface area contributed by atoms with Crippen molar-refractivity contribution < 1.29 is 31.9 Å². The molecule has 48 heavy (non-hydrogen) atoms. The quantitative estimate of drug-likeness (QED) is 0.173. The molecule has 5 rings (SSSR count). The summed E-state index contributed by atoms with van der Waals surface area (Å²) in [6, 6.07) is 25.2. The molecule has 0 radical (unpaired) electrons. The molecule has 0 spiro atoms. The van der Waals surface area contributed by atoms with Gasteiger partial charge >= 0.3 is 0 Å². The number of unbranched alkanes of at least 4 members (excludes halogenated alkanes) is 1. The van der Waals surface area contributed by atoms with Gasteiger partial charge in [-0.1, -0.05) is 73.5 Å². The van der Waals surface area contributed by atoms with Crippen molar-refractivity contribution in [3.8, 4) is 11.5 Å². The topological polar surface area (TPSA) is 105 Å². The Hall–Kier alpha value is -4.90. The summed E-state index contributed by atoms with van der Waals surface area (Å²) in [4.78, 5) is 29.7. The first-order chi connectivity index (χ1) is 23.2. The molecule has 0 fully saturated rings. The fraction of sp³-hybridized carbons (Fsp3) is 0.297. The number of anilines is 1. The predicted octanol–water partition coefficient (Wildman–Crippen LogP) is 5.66. The van der Waals surface area contributed by atoms with Crippen LogP contribution in [0.15, 0.2) is 102 Å². The Kier molecular flexibility index (Phi) is 11.3. The smallest absolute Gasteiger partial charge is 0.264 e. The van der Waals surface area contributed by atoms with E-state index in [1.165, 1.54) is 35.2 Å². The van der Waals surface area contributed by atoms with Gasteiger partial charge in [0.05, 0.1) is 10.6 Å². The van der Waals surface area contributed by atoms with Crippen molar-refractivity contribution in [3.05, 3.63) is 120 Å². The number of fused-ring (bicyclic) bond motifs is 1. The molecule has 1 unspecified atom stereocenters. The standard InChI is InChI=1S/C37H40FN3O6S/c1-3-4-20-39-37(43)33(23-28-8-6-5-7-9-28)40(25-29-12-10-27(2)11-13-29)36(42)26-41(31-16-14-30(38)15-17-31)48(44,45)32-18-19-34-35(24-32)47-22-21-46-34/h5-19,24,33H,3-4,20-23,25-26H2,1-2H3,(H,39,43). The number of nitrogens with one attached hydrogen (secondary N) is 1. The Labute approximate surface area is 281 Å². The summed E-state index contributed by atoms with van der Waals surface area (Å²) >= 11 is 0. The second kappa shape index (κ2) is 15.8. The zero-order valence-electron chi connectivity index (χ0n) is 27.1. The zero-order chi connectivity index (χ0) is 34.1. The number of ether oxygens (including phenoxy) is 2. The molecule has 4 aromatic rings. The lowest BCUT2D eigenvalue weighted by Gasteiger charge is -2.34. The molecule has 4 aromatic carbocycles. The number of benzene rings is 4. The van der Waals surface area contributed by atoms with Gasteiger partial charge in [-0.3, -0.25) is 13.9 Å². The molecule has 0 aliphatic carbocycles. The third kappa shape index (κ3) is 8.51. The fourth-order valence-corrected chi connectivity index (χ4v) is 6.83. The number of aryl methyl sites for hydroxylation is 1. The lowest BCUT2D eigenvalue weighted by Crippen LogP contribution is -2.53. The summed E-state index contributed by atoms with van der Waals surface area (Å²) < 4.78 is 54.8. The van der Waals surface area contributed by atoms with Gasteiger partial charge in [0.1, 0.15) is 31.6 Å². The Morgan fingerprint density at radius 3 is 2.25 bits per heavy atom. The fourth-order valence-electron chi connectivity index (χ4n) is 5.40. The van der Waals surface area contributed by atoms with Gasteiger partial charge in [-0.25, -0.2) is 12.8 Å². The molecule has 0 bridgehead atoms. The van der Waals surface area contributed by atoms with Crippen molar-refractivity contribution >= 4 is 27.5 Å². The summed E-state index contributed by atoms with van der Waals surface area (Å²) in [5, 5.41) is 2.98. The van der Waals surface area contributed by atoms with Crippen LogP contribution in [0.25, 0.3) is 0 Å². The zero-order valence-corrected chi connectivity index (χ0v) is 27.9. The number of rotatable bonds is 14. The Morgan fingerprint density at radius 2 is 1.56 bits per heavy atom. The highest BCUT2D eigenvalue weighted by molar-refractivity contribution is 7.92. The van der Waals surface area contributed by atoms with Crippen LogP contribution < -0.4 is 19.1 Å². The number of carbonyl (C=O) groups is 2. The first-order valence-electron chi connectivity index (χ1n) is 16.0. The number of nitrogens with zero attached hydrogens (tertiary/aromatic N) is 2. The van der Waals surface area contributed by atoms with Crippen LogP contribution in [0.1, 0.15) is 36.5 Å². The Morgan fingerprint density at radius 1 is 0.875 bits per heavy atom. The maximum atomic E-state index is 14.6. The molecule has 9 nitrogen and oxygen atoms in total. The monoisotopic (exact) mass is 673 g/mol. The molecule has 0 aromatic heterocycles. The van der Waals surface area contributed by atoms with Crippen LogP contribution in [-0.2, 0) is 32.6 Å². The second-order valence-electron chi connectivity index (χ2n) is 11.7. The van der Waals surface area contributed by atoms with E-state index in [9.17, 15) is 22.4 Å². The van der Waals surface area contributed by atoms with Crippen LogP contribution in [0.2, 0.25) is 0 Å². The molecule has 1 N–H and O–H groups in total. The van der Waals surface area contributed by atoms with E-state index in [1.54, 1.807) is 0 Å². The van der Waals surface area contributed by atoms with E-state index in [2.05, 4.69) is 5.32 Å². The molecule has 0 saturated carbocycles. The Balaban J connectivity index is 1.56. The van der Waals surface area contributed by atoms with E-state index in [1.807, 2.05) is 68.4 Å². The molecular weight excluding hydrogens is 633 g/mol. The molecule has 1 aliphatic heterocycles. The van der Waals surface area contributed by atoms with Gasteiger partial charge in [0.15, 0.2) is 11.5 Å². The first kappa shape index (κ1) is 34.4. The van der Waals surface area contributed by atoms with E-state index in [4.69, 9.17) is 9.47 Å². The largest absolute Gasteiger partial charge is 0.486 e. The number of hydrogen-bond donors (Lipinski definition) is 1. The molecule has 252 valence electrons. The first-order valence-corrected chi connectivity index (χ1v) is 17.4. The summed E-state index contributed by atoms with van der Waals surface area (Å²) in [5.74, 6) is -0.829. The van der Waals surface area contributed by atoms with Crippen LogP contribution in [0.5, 0.6) is 11.5 Å². The maximum Gasteiger partial charge on any atom is 0.264 e. The molecule has 1 atom stereocenters. The minimum atomic E-state index is -4.40. The average molecular weight is 674 g/mol. The minimum absolute atomic E-state index is 0.0547. The summed E-state index contributed by atoms with van der Waals surface area (Å²) in [5.41, 5.74) is 2.73. The van der Waals surface area contributed by atoms with Crippen molar-refractivity contribution in [3.63, 3.8) is 0 Å². The van der Waals surface area contributed by atoms with Gasteiger partial charge < -0.3 is 19.7 Å². The van der Waals surface area contributed by atoms with E-state index < -0.39 is 34.3 Å². The number of halogens is 1. The normalized spacial score (nSPS) is 13.0.